The molecular formula is C13H18O3. The lowest BCUT2D eigenvalue weighted by Gasteiger charge is -2.41. The van der Waals surface area contributed by atoms with Crippen LogP contribution in [0.4, 0.5) is 0 Å². The van der Waals surface area contributed by atoms with Gasteiger partial charge in [-0.1, -0.05) is 6.92 Å². The maximum Gasteiger partial charge on any atom is 0.141 e. The number of aliphatic hydroxyl groups excluding tert-OH is 1. The Morgan fingerprint density at radius 3 is 2.94 bits per heavy atom. The number of carbonyl (C=O) groups is 1. The smallest absolute Gasteiger partial charge is 0.141 e. The number of hydrogen-bond acceptors (Lipinski definition) is 3. The number of carbonyl (C=O) groups excluding carboxylic acids is 1. The highest BCUT2D eigenvalue weighted by molar-refractivity contribution is 5.86. The summed E-state index contributed by atoms with van der Waals surface area (Å²) in [6, 6.07) is 1.73. The quantitative estimate of drug-likeness (QED) is 0.837. The highest BCUT2D eigenvalue weighted by Crippen LogP contribution is 2.47. The molecule has 0 unspecified atom stereocenters. The van der Waals surface area contributed by atoms with Gasteiger partial charge in [-0.25, -0.2) is 0 Å². The Balaban J connectivity index is 2.32. The molecule has 0 spiro atoms. The summed E-state index contributed by atoms with van der Waals surface area (Å²) in [6.45, 7) is 3.91. The Bertz CT molecular complexity index is 369. The molecule has 0 aromatic carbocycles. The summed E-state index contributed by atoms with van der Waals surface area (Å²) in [5, 5.41) is 10.4. The van der Waals surface area contributed by atoms with Crippen LogP contribution in [0.1, 0.15) is 44.8 Å². The number of furan rings is 1. The van der Waals surface area contributed by atoms with Crippen LogP contribution in [0, 0.1) is 11.3 Å². The van der Waals surface area contributed by atoms with Crippen molar-refractivity contribution in [1.82, 2.24) is 0 Å². The predicted molar refractivity (Wildman–Crippen MR) is 59.8 cm³/mol. The number of hydrogen-bond donors (Lipinski definition) is 1. The topological polar surface area (TPSA) is 50.4 Å². The average molecular weight is 222 g/mol. The molecule has 2 rings (SSSR count). The van der Waals surface area contributed by atoms with Crippen molar-refractivity contribution in [2.24, 2.45) is 11.3 Å². The third-order valence-electron chi connectivity index (χ3n) is 4.09. The van der Waals surface area contributed by atoms with E-state index in [0.717, 1.165) is 12.8 Å². The molecule has 3 atom stereocenters. The molecule has 1 aromatic rings. The van der Waals surface area contributed by atoms with Gasteiger partial charge in [0.15, 0.2) is 0 Å². The van der Waals surface area contributed by atoms with Crippen molar-refractivity contribution >= 4 is 5.78 Å². The van der Waals surface area contributed by atoms with E-state index in [1.807, 2.05) is 13.8 Å². The normalized spacial score (nSPS) is 32.7. The highest BCUT2D eigenvalue weighted by atomic mass is 16.3. The molecule has 1 saturated carbocycles. The van der Waals surface area contributed by atoms with Crippen LogP contribution in [-0.4, -0.2) is 10.9 Å². The summed E-state index contributed by atoms with van der Waals surface area (Å²) in [4.78, 5) is 12.1. The minimum atomic E-state index is -0.756. The molecule has 1 aliphatic rings. The Morgan fingerprint density at radius 2 is 2.38 bits per heavy atom. The van der Waals surface area contributed by atoms with Crippen molar-refractivity contribution in [2.45, 2.75) is 39.2 Å². The molecule has 1 heterocycles. The van der Waals surface area contributed by atoms with E-state index in [1.54, 1.807) is 6.07 Å². The molecule has 0 aliphatic heterocycles. The lowest BCUT2D eigenvalue weighted by molar-refractivity contribution is -0.143. The van der Waals surface area contributed by atoms with Crippen molar-refractivity contribution in [3.63, 3.8) is 0 Å². The van der Waals surface area contributed by atoms with E-state index in [4.69, 9.17) is 4.42 Å². The summed E-state index contributed by atoms with van der Waals surface area (Å²) in [5.41, 5.74) is 0.0341. The second-order valence-corrected chi connectivity index (χ2v) is 4.96. The van der Waals surface area contributed by atoms with E-state index in [-0.39, 0.29) is 11.7 Å². The van der Waals surface area contributed by atoms with Gasteiger partial charge in [0.2, 0.25) is 0 Å². The van der Waals surface area contributed by atoms with Crippen molar-refractivity contribution < 1.29 is 14.3 Å². The fraction of sp³-hybridized carbons (Fsp3) is 0.615. The van der Waals surface area contributed by atoms with Gasteiger partial charge in [0.25, 0.3) is 0 Å². The fourth-order valence-corrected chi connectivity index (χ4v) is 2.61. The summed E-state index contributed by atoms with van der Waals surface area (Å²) in [7, 11) is 0. The number of Topliss-reactive ketones (excluding diaryl/α,β-unsaturated/α-hetero) is 1. The van der Waals surface area contributed by atoms with Crippen LogP contribution in [0.3, 0.4) is 0 Å². The maximum absolute atomic E-state index is 12.1. The molecule has 1 fully saturated rings. The van der Waals surface area contributed by atoms with Crippen LogP contribution in [0.5, 0.6) is 0 Å². The van der Waals surface area contributed by atoms with Crippen LogP contribution in [-0.2, 0) is 4.79 Å². The van der Waals surface area contributed by atoms with E-state index < -0.39 is 11.5 Å². The van der Waals surface area contributed by atoms with Crippen molar-refractivity contribution in [1.29, 1.82) is 0 Å². The Labute approximate surface area is 95.5 Å². The first kappa shape index (κ1) is 11.4. The SMILES string of the molecule is C[C@@H]1CCCC(=O)[C@@]1(C)[C@H](O)c1ccoc1. The molecule has 1 aliphatic carbocycles. The number of rotatable bonds is 2. The molecule has 0 amide bonds. The first-order valence-electron chi connectivity index (χ1n) is 5.80. The molecular weight excluding hydrogens is 204 g/mol. The molecule has 88 valence electrons. The van der Waals surface area contributed by atoms with E-state index in [2.05, 4.69) is 0 Å². The van der Waals surface area contributed by atoms with Gasteiger partial charge in [0.1, 0.15) is 5.78 Å². The lowest BCUT2D eigenvalue weighted by Crippen LogP contribution is -2.43. The lowest BCUT2D eigenvalue weighted by atomic mass is 9.63. The monoisotopic (exact) mass is 222 g/mol. The van der Waals surface area contributed by atoms with Crippen LogP contribution >= 0.6 is 0 Å². The van der Waals surface area contributed by atoms with Crippen molar-refractivity contribution in [3.05, 3.63) is 24.2 Å². The van der Waals surface area contributed by atoms with Crippen LogP contribution in [0.25, 0.3) is 0 Å². The Morgan fingerprint density at radius 1 is 1.62 bits per heavy atom. The zero-order chi connectivity index (χ0) is 11.8. The minimum absolute atomic E-state index is 0.167. The van der Waals surface area contributed by atoms with Gasteiger partial charge in [-0.3, -0.25) is 4.79 Å². The van der Waals surface area contributed by atoms with E-state index in [1.165, 1.54) is 12.5 Å². The van der Waals surface area contributed by atoms with Crippen LogP contribution < -0.4 is 0 Å². The number of aliphatic hydroxyl groups is 1. The van der Waals surface area contributed by atoms with Crippen molar-refractivity contribution in [2.75, 3.05) is 0 Å². The van der Waals surface area contributed by atoms with Gasteiger partial charge >= 0.3 is 0 Å². The minimum Gasteiger partial charge on any atom is -0.472 e. The molecule has 1 N–H and O–H groups in total. The standard InChI is InChI=1S/C13H18O3/c1-9-4-3-5-11(14)13(9,2)12(15)10-6-7-16-8-10/h6-9,12,15H,3-5H2,1-2H3/t9-,12-,13+/m1/s1. The predicted octanol–water partition coefficient (Wildman–Crippen LogP) is 2.71. The fourth-order valence-electron chi connectivity index (χ4n) is 2.61. The average Bonchev–Trinajstić information content (AvgIpc) is 2.78. The van der Waals surface area contributed by atoms with E-state index in [9.17, 15) is 9.90 Å². The van der Waals surface area contributed by atoms with Gasteiger partial charge in [-0.05, 0) is 31.7 Å². The number of ketones is 1. The summed E-state index contributed by atoms with van der Waals surface area (Å²) < 4.78 is 4.97. The molecule has 0 radical (unpaired) electrons. The zero-order valence-corrected chi connectivity index (χ0v) is 9.77. The van der Waals surface area contributed by atoms with Crippen molar-refractivity contribution in [3.8, 4) is 0 Å². The highest BCUT2D eigenvalue weighted by Gasteiger charge is 2.47. The molecule has 1 aromatic heterocycles. The zero-order valence-electron chi connectivity index (χ0n) is 9.77. The summed E-state index contributed by atoms with van der Waals surface area (Å²) in [6.07, 6.45) is 4.81. The Kier molecular flexibility index (Phi) is 2.89. The second-order valence-electron chi connectivity index (χ2n) is 4.96. The van der Waals surface area contributed by atoms with Crippen LogP contribution in [0.2, 0.25) is 0 Å². The van der Waals surface area contributed by atoms with Crippen LogP contribution in [0.15, 0.2) is 23.0 Å². The maximum atomic E-state index is 12.1. The first-order chi connectivity index (χ1) is 7.56. The summed E-state index contributed by atoms with van der Waals surface area (Å²) >= 11 is 0. The van der Waals surface area contributed by atoms with E-state index >= 15 is 0 Å². The molecule has 16 heavy (non-hydrogen) atoms. The molecule has 3 heteroatoms. The summed E-state index contributed by atoms with van der Waals surface area (Å²) in [5.74, 6) is 0.374. The van der Waals surface area contributed by atoms with Gasteiger partial charge in [0, 0.05) is 12.0 Å². The molecule has 0 saturated heterocycles. The Hall–Kier alpha value is -1.09. The molecule has 0 bridgehead atoms. The van der Waals surface area contributed by atoms with E-state index in [0.29, 0.717) is 12.0 Å². The first-order valence-corrected chi connectivity index (χ1v) is 5.80. The third-order valence-corrected chi connectivity index (χ3v) is 4.09. The largest absolute Gasteiger partial charge is 0.472 e. The van der Waals surface area contributed by atoms with Gasteiger partial charge < -0.3 is 9.52 Å². The second kappa shape index (κ2) is 4.06. The van der Waals surface area contributed by atoms with Gasteiger partial charge in [-0.15, -0.1) is 0 Å². The third kappa shape index (κ3) is 1.59. The van der Waals surface area contributed by atoms with Gasteiger partial charge in [0.05, 0.1) is 24.0 Å². The molecule has 3 nitrogen and oxygen atoms in total. The van der Waals surface area contributed by atoms with Gasteiger partial charge in [-0.2, -0.15) is 0 Å².